The first-order chi connectivity index (χ1) is 20.4. The van der Waals surface area contributed by atoms with E-state index in [1.54, 1.807) is 11.3 Å². The fraction of sp³-hybridized carbons (Fsp3) is 0.483. The summed E-state index contributed by atoms with van der Waals surface area (Å²) in [6.07, 6.45) is 3.49. The molecule has 42 heavy (non-hydrogen) atoms. The van der Waals surface area contributed by atoms with Crippen LogP contribution in [0.4, 0.5) is 10.7 Å². The van der Waals surface area contributed by atoms with Crippen molar-refractivity contribution in [1.82, 2.24) is 35.3 Å². The van der Waals surface area contributed by atoms with Crippen molar-refractivity contribution in [3.8, 4) is 11.3 Å². The first-order valence-electron chi connectivity index (χ1n) is 14.5. The number of amides is 1. The zero-order valence-electron chi connectivity index (χ0n) is 23.5. The normalized spacial score (nSPS) is 24.6. The highest BCUT2D eigenvalue weighted by Crippen LogP contribution is 2.39. The minimum absolute atomic E-state index is 0.0642. The molecule has 11 nitrogen and oxygen atoms in total. The number of anilines is 1. The van der Waals surface area contributed by atoms with E-state index >= 15 is 0 Å². The third-order valence-electron chi connectivity index (χ3n) is 8.37. The fourth-order valence-corrected chi connectivity index (χ4v) is 7.23. The van der Waals surface area contributed by atoms with Crippen LogP contribution >= 0.6 is 22.9 Å². The topological polar surface area (TPSA) is 119 Å². The Hall–Kier alpha value is -3.32. The van der Waals surface area contributed by atoms with Crippen molar-refractivity contribution in [2.75, 3.05) is 24.7 Å². The number of aryl methyl sites for hydroxylation is 1. The molecule has 3 fully saturated rings. The molecule has 2 saturated heterocycles. The van der Waals surface area contributed by atoms with Crippen LogP contribution in [0.25, 0.3) is 22.4 Å². The molecule has 1 amide bonds. The Morgan fingerprint density at radius 2 is 2.00 bits per heavy atom. The van der Waals surface area contributed by atoms with Gasteiger partial charge in [-0.2, -0.15) is 4.98 Å². The molecule has 3 aliphatic rings. The summed E-state index contributed by atoms with van der Waals surface area (Å²) in [6, 6.07) is 7.59. The van der Waals surface area contributed by atoms with Crippen molar-refractivity contribution in [3.63, 3.8) is 0 Å². The summed E-state index contributed by atoms with van der Waals surface area (Å²) in [5.74, 6) is 2.45. The average molecular weight is 609 g/mol. The summed E-state index contributed by atoms with van der Waals surface area (Å²) in [5, 5.41) is 6.41. The molecule has 3 aromatic heterocycles. The number of nitrogens with one attached hydrogen (secondary N) is 2. The Morgan fingerprint density at radius 1 is 1.14 bits per heavy atom. The van der Waals surface area contributed by atoms with E-state index in [-0.39, 0.29) is 6.04 Å². The van der Waals surface area contributed by atoms with E-state index in [1.807, 2.05) is 31.2 Å². The number of aromatic nitrogens is 5. The molecule has 0 bridgehead atoms. The molecule has 1 unspecified atom stereocenters. The summed E-state index contributed by atoms with van der Waals surface area (Å²) < 4.78 is 8.27. The number of rotatable bonds is 6. The highest BCUT2D eigenvalue weighted by molar-refractivity contribution is 7.09. The molecule has 220 valence electrons. The number of carbonyl (C=O) groups is 1. The summed E-state index contributed by atoms with van der Waals surface area (Å²) >= 11 is 8.12. The number of benzene rings is 1. The molecule has 1 aromatic carbocycles. The van der Waals surface area contributed by atoms with Gasteiger partial charge in [0.1, 0.15) is 22.3 Å². The van der Waals surface area contributed by atoms with Crippen LogP contribution in [0.3, 0.4) is 0 Å². The smallest absolute Gasteiger partial charge is 0.377 e. The minimum atomic E-state index is -0.706. The van der Waals surface area contributed by atoms with Crippen molar-refractivity contribution < 1.29 is 14.4 Å². The second-order valence-corrected chi connectivity index (χ2v) is 12.8. The number of nitrogens with zero attached hydrogens (tertiary/aromatic N) is 6. The molecule has 1 aliphatic carbocycles. The van der Waals surface area contributed by atoms with E-state index in [0.717, 1.165) is 40.2 Å². The van der Waals surface area contributed by atoms with Crippen LogP contribution in [-0.2, 0) is 16.1 Å². The van der Waals surface area contributed by atoms with Gasteiger partial charge in [0.05, 0.1) is 13.2 Å². The quantitative estimate of drug-likeness (QED) is 0.290. The van der Waals surface area contributed by atoms with Crippen molar-refractivity contribution in [3.05, 3.63) is 51.2 Å². The van der Waals surface area contributed by atoms with E-state index in [4.69, 9.17) is 41.1 Å². The maximum atomic E-state index is 11.9. The molecule has 2 atom stereocenters. The van der Waals surface area contributed by atoms with Crippen molar-refractivity contribution in [2.45, 2.75) is 58.3 Å². The SMILES string of the molecule is Cc1csc([C@@H]2COCCN2c2nc3nc(C4NOC(=O)N4)nc(-c4cccc(Cl)c4)c3n2CC2CCC(C)CC2)n1. The van der Waals surface area contributed by atoms with Crippen LogP contribution in [-0.4, -0.2) is 50.4 Å². The zero-order chi connectivity index (χ0) is 28.8. The standard InChI is InChI=1S/C29H33ClN8O3S/c1-16-6-8-18(9-7-16)13-38-23-22(19-4-3-5-20(30)12-19)32-25(26-35-29(39)41-36-26)33-24(23)34-28(38)37-10-11-40-14-21(37)27-31-17(2)15-42-27/h3-5,12,15-16,18,21,26,36H,6-11,13-14H2,1-2H3,(H,35,39)/t16?,18?,21-,26?/m0/s1. The molecule has 13 heteroatoms. The first-order valence-corrected chi connectivity index (χ1v) is 15.7. The van der Waals surface area contributed by atoms with Crippen molar-refractivity contribution in [2.24, 2.45) is 11.8 Å². The van der Waals surface area contributed by atoms with Gasteiger partial charge in [0, 0.05) is 34.7 Å². The summed E-state index contributed by atoms with van der Waals surface area (Å²) in [7, 11) is 0. The number of halogens is 1. The molecule has 5 heterocycles. The van der Waals surface area contributed by atoms with Gasteiger partial charge in [0.25, 0.3) is 0 Å². The summed E-state index contributed by atoms with van der Waals surface area (Å²) in [6.45, 7) is 6.96. The van der Waals surface area contributed by atoms with Gasteiger partial charge in [0.15, 0.2) is 17.6 Å². The molecule has 4 aromatic rings. The van der Waals surface area contributed by atoms with Crippen molar-refractivity contribution >= 4 is 46.1 Å². The second-order valence-electron chi connectivity index (χ2n) is 11.5. The van der Waals surface area contributed by atoms with Gasteiger partial charge in [-0.15, -0.1) is 16.8 Å². The Balaban J connectivity index is 1.42. The molecule has 2 N–H and O–H groups in total. The maximum Gasteiger partial charge on any atom is 0.427 e. The van der Waals surface area contributed by atoms with Gasteiger partial charge in [-0.25, -0.2) is 19.7 Å². The number of ether oxygens (including phenoxy) is 1. The number of carbonyl (C=O) groups excluding carboxylic acids is 1. The van der Waals surface area contributed by atoms with E-state index < -0.39 is 12.3 Å². The highest BCUT2D eigenvalue weighted by Gasteiger charge is 2.34. The summed E-state index contributed by atoms with van der Waals surface area (Å²) in [4.78, 5) is 39.0. The number of imidazole rings is 1. The Morgan fingerprint density at radius 3 is 2.74 bits per heavy atom. The number of hydrogen-bond acceptors (Lipinski definition) is 10. The number of hydroxylamine groups is 1. The first kappa shape index (κ1) is 27.5. The van der Waals surface area contributed by atoms with Crippen LogP contribution in [0.1, 0.15) is 61.3 Å². The van der Waals surface area contributed by atoms with Crippen LogP contribution in [0.2, 0.25) is 5.02 Å². The van der Waals surface area contributed by atoms with E-state index in [9.17, 15) is 4.79 Å². The Labute approximate surface area is 252 Å². The minimum Gasteiger partial charge on any atom is -0.377 e. The largest absolute Gasteiger partial charge is 0.427 e. The van der Waals surface area contributed by atoms with Gasteiger partial charge in [0.2, 0.25) is 5.95 Å². The molecule has 0 radical (unpaired) electrons. The van der Waals surface area contributed by atoms with Gasteiger partial charge in [-0.1, -0.05) is 43.5 Å². The monoisotopic (exact) mass is 608 g/mol. The molecule has 0 spiro atoms. The third kappa shape index (κ3) is 5.32. The lowest BCUT2D eigenvalue weighted by Crippen LogP contribution is -2.41. The lowest BCUT2D eigenvalue weighted by molar-refractivity contribution is 0.0926. The second kappa shape index (κ2) is 11.4. The van der Waals surface area contributed by atoms with Crippen LogP contribution in [0, 0.1) is 18.8 Å². The number of thiazole rings is 1. The van der Waals surface area contributed by atoms with Crippen molar-refractivity contribution in [1.29, 1.82) is 0 Å². The third-order valence-corrected chi connectivity index (χ3v) is 9.67. The number of fused-ring (bicyclic) bond motifs is 1. The molecule has 2 aliphatic heterocycles. The number of hydrogen-bond donors (Lipinski definition) is 2. The molecule has 1 saturated carbocycles. The van der Waals surface area contributed by atoms with Gasteiger partial charge in [-0.3, -0.25) is 5.32 Å². The summed E-state index contributed by atoms with van der Waals surface area (Å²) in [5.41, 5.74) is 6.64. The van der Waals surface area contributed by atoms with Gasteiger partial charge >= 0.3 is 6.09 Å². The zero-order valence-corrected chi connectivity index (χ0v) is 25.1. The highest BCUT2D eigenvalue weighted by atomic mass is 35.5. The number of morpholine rings is 1. The predicted octanol–water partition coefficient (Wildman–Crippen LogP) is 5.56. The lowest BCUT2D eigenvalue weighted by Gasteiger charge is -2.36. The fourth-order valence-electron chi connectivity index (χ4n) is 6.15. The molecule has 7 rings (SSSR count). The van der Waals surface area contributed by atoms with Crippen LogP contribution in [0.5, 0.6) is 0 Å². The van der Waals surface area contributed by atoms with E-state index in [0.29, 0.717) is 47.9 Å². The predicted molar refractivity (Wildman–Crippen MR) is 160 cm³/mol. The van der Waals surface area contributed by atoms with E-state index in [2.05, 4.69) is 32.6 Å². The van der Waals surface area contributed by atoms with Gasteiger partial charge < -0.3 is 19.0 Å². The van der Waals surface area contributed by atoms with Crippen LogP contribution < -0.4 is 15.7 Å². The van der Waals surface area contributed by atoms with Gasteiger partial charge in [-0.05, 0) is 43.7 Å². The molecular weight excluding hydrogens is 576 g/mol. The maximum absolute atomic E-state index is 11.9. The van der Waals surface area contributed by atoms with Crippen LogP contribution in [0.15, 0.2) is 29.6 Å². The molecular formula is C29H33ClN8O3S. The lowest BCUT2D eigenvalue weighted by atomic mass is 9.83. The van der Waals surface area contributed by atoms with E-state index in [1.165, 1.54) is 25.7 Å². The Bertz CT molecular complexity index is 1620. The average Bonchev–Trinajstić information content (AvgIpc) is 3.72. The Kier molecular flexibility index (Phi) is 7.47.